The van der Waals surface area contributed by atoms with Crippen LogP contribution in [0, 0.1) is 0 Å². The van der Waals surface area contributed by atoms with Crippen LogP contribution in [-0.2, 0) is 0 Å². The Hall–Kier alpha value is -1.61. The molecule has 3 heteroatoms. The van der Waals surface area contributed by atoms with Gasteiger partial charge in [0, 0.05) is 29.4 Å². The van der Waals surface area contributed by atoms with E-state index in [4.69, 9.17) is 0 Å². The average molecular weight is 227 g/mol. The second-order valence-corrected chi connectivity index (χ2v) is 4.99. The Morgan fingerprint density at radius 3 is 3.00 bits per heavy atom. The molecule has 0 aliphatic carbocycles. The van der Waals surface area contributed by atoms with Crippen molar-refractivity contribution in [3.05, 3.63) is 36.5 Å². The van der Waals surface area contributed by atoms with Crippen LogP contribution < -0.4 is 10.6 Å². The van der Waals surface area contributed by atoms with E-state index in [2.05, 4.69) is 46.8 Å². The van der Waals surface area contributed by atoms with Crippen molar-refractivity contribution in [3.63, 3.8) is 0 Å². The van der Waals surface area contributed by atoms with Gasteiger partial charge in [-0.15, -0.1) is 0 Å². The quantitative estimate of drug-likeness (QED) is 0.827. The van der Waals surface area contributed by atoms with Crippen molar-refractivity contribution in [1.82, 2.24) is 10.3 Å². The molecule has 1 unspecified atom stereocenters. The van der Waals surface area contributed by atoms with Gasteiger partial charge in [-0.3, -0.25) is 4.98 Å². The molecule has 0 amide bonds. The van der Waals surface area contributed by atoms with Gasteiger partial charge in [-0.2, -0.15) is 0 Å². The van der Waals surface area contributed by atoms with Gasteiger partial charge in [0.1, 0.15) is 0 Å². The lowest BCUT2D eigenvalue weighted by molar-refractivity contribution is 0.568. The number of hydrogen-bond donors (Lipinski definition) is 2. The maximum atomic E-state index is 4.38. The number of hydrogen-bond acceptors (Lipinski definition) is 3. The summed E-state index contributed by atoms with van der Waals surface area (Å²) in [5.74, 6) is 0. The highest BCUT2D eigenvalue weighted by molar-refractivity contribution is 5.91. The van der Waals surface area contributed by atoms with Crippen molar-refractivity contribution in [2.75, 3.05) is 18.4 Å². The fourth-order valence-corrected chi connectivity index (χ4v) is 2.45. The average Bonchev–Trinajstić information content (AvgIpc) is 2.76. The predicted octanol–water partition coefficient (Wildman–Crippen LogP) is 2.40. The van der Waals surface area contributed by atoms with E-state index in [9.17, 15) is 0 Å². The molecule has 3 rings (SSSR count). The highest BCUT2D eigenvalue weighted by Crippen LogP contribution is 2.26. The van der Waals surface area contributed by atoms with Crippen LogP contribution in [-0.4, -0.2) is 23.6 Å². The van der Waals surface area contributed by atoms with Gasteiger partial charge < -0.3 is 10.6 Å². The SMILES string of the molecule is CC1(Nc2ccnc3ccccc23)CCNC1. The molecule has 17 heavy (non-hydrogen) atoms. The van der Waals surface area contributed by atoms with Crippen molar-refractivity contribution in [3.8, 4) is 0 Å². The number of rotatable bonds is 2. The molecule has 0 radical (unpaired) electrons. The molecule has 2 aromatic rings. The maximum absolute atomic E-state index is 4.38. The molecule has 0 bridgehead atoms. The summed E-state index contributed by atoms with van der Waals surface area (Å²) in [4.78, 5) is 4.38. The van der Waals surface area contributed by atoms with E-state index < -0.39 is 0 Å². The first kappa shape index (κ1) is 10.5. The summed E-state index contributed by atoms with van der Waals surface area (Å²) in [6.07, 6.45) is 3.03. The first-order valence-electron chi connectivity index (χ1n) is 6.10. The summed E-state index contributed by atoms with van der Waals surface area (Å²) in [5, 5.41) is 8.26. The molecule has 1 atom stereocenters. The number of nitrogens with one attached hydrogen (secondary N) is 2. The Balaban J connectivity index is 2.00. The van der Waals surface area contributed by atoms with Crippen LogP contribution in [0.25, 0.3) is 10.9 Å². The number of pyridine rings is 1. The second kappa shape index (κ2) is 4.00. The molecule has 88 valence electrons. The molecule has 1 aromatic carbocycles. The van der Waals surface area contributed by atoms with Crippen LogP contribution >= 0.6 is 0 Å². The predicted molar refractivity (Wildman–Crippen MR) is 71.3 cm³/mol. The Morgan fingerprint density at radius 2 is 2.18 bits per heavy atom. The topological polar surface area (TPSA) is 37.0 Å². The molecular weight excluding hydrogens is 210 g/mol. The lowest BCUT2D eigenvalue weighted by Gasteiger charge is -2.26. The Kier molecular flexibility index (Phi) is 2.48. The van der Waals surface area contributed by atoms with Crippen LogP contribution in [0.3, 0.4) is 0 Å². The summed E-state index contributed by atoms with van der Waals surface area (Å²) in [7, 11) is 0. The summed E-state index contributed by atoms with van der Waals surface area (Å²) < 4.78 is 0. The van der Waals surface area contributed by atoms with Gasteiger partial charge in [-0.1, -0.05) is 18.2 Å². The minimum Gasteiger partial charge on any atom is -0.378 e. The Morgan fingerprint density at radius 1 is 1.29 bits per heavy atom. The minimum atomic E-state index is 0.157. The summed E-state index contributed by atoms with van der Waals surface area (Å²) in [6.45, 7) is 4.37. The molecular formula is C14H17N3. The zero-order valence-corrected chi connectivity index (χ0v) is 10.0. The fraction of sp³-hybridized carbons (Fsp3) is 0.357. The van der Waals surface area contributed by atoms with Crippen molar-refractivity contribution >= 4 is 16.6 Å². The fourth-order valence-electron chi connectivity index (χ4n) is 2.45. The number of para-hydroxylation sites is 1. The van der Waals surface area contributed by atoms with E-state index >= 15 is 0 Å². The number of aromatic nitrogens is 1. The van der Waals surface area contributed by atoms with Gasteiger partial charge in [0.05, 0.1) is 5.52 Å². The van der Waals surface area contributed by atoms with Crippen LogP contribution in [0.4, 0.5) is 5.69 Å². The van der Waals surface area contributed by atoms with Gasteiger partial charge in [0.25, 0.3) is 0 Å². The molecule has 0 spiro atoms. The van der Waals surface area contributed by atoms with Crippen molar-refractivity contribution < 1.29 is 0 Å². The highest BCUT2D eigenvalue weighted by Gasteiger charge is 2.28. The lowest BCUT2D eigenvalue weighted by Crippen LogP contribution is -2.36. The Labute approximate surface area is 101 Å². The van der Waals surface area contributed by atoms with E-state index in [-0.39, 0.29) is 5.54 Å². The van der Waals surface area contributed by atoms with Crippen molar-refractivity contribution in [2.24, 2.45) is 0 Å². The van der Waals surface area contributed by atoms with E-state index in [0.717, 1.165) is 25.0 Å². The van der Waals surface area contributed by atoms with E-state index in [1.165, 1.54) is 11.1 Å². The van der Waals surface area contributed by atoms with Crippen molar-refractivity contribution in [2.45, 2.75) is 18.9 Å². The molecule has 1 saturated heterocycles. The van der Waals surface area contributed by atoms with E-state index in [1.54, 1.807) is 0 Å². The van der Waals surface area contributed by atoms with Crippen molar-refractivity contribution in [1.29, 1.82) is 0 Å². The minimum absolute atomic E-state index is 0.157. The number of anilines is 1. The first-order valence-corrected chi connectivity index (χ1v) is 6.10. The molecule has 1 aromatic heterocycles. The second-order valence-electron chi connectivity index (χ2n) is 4.99. The monoisotopic (exact) mass is 227 g/mol. The van der Waals surface area contributed by atoms with Gasteiger partial charge in [-0.25, -0.2) is 0 Å². The molecule has 0 saturated carbocycles. The third-order valence-corrected chi connectivity index (χ3v) is 3.45. The van der Waals surface area contributed by atoms with E-state index in [0.29, 0.717) is 0 Å². The van der Waals surface area contributed by atoms with Crippen LogP contribution in [0.2, 0.25) is 0 Å². The maximum Gasteiger partial charge on any atom is 0.0722 e. The summed E-state index contributed by atoms with van der Waals surface area (Å²) in [6, 6.07) is 10.3. The summed E-state index contributed by atoms with van der Waals surface area (Å²) >= 11 is 0. The van der Waals surface area contributed by atoms with Crippen LogP contribution in [0.5, 0.6) is 0 Å². The van der Waals surface area contributed by atoms with Gasteiger partial charge in [0.2, 0.25) is 0 Å². The molecule has 1 aliphatic heterocycles. The zero-order chi connectivity index (χ0) is 11.7. The number of nitrogens with zero attached hydrogens (tertiary/aromatic N) is 1. The molecule has 1 fully saturated rings. The highest BCUT2D eigenvalue weighted by atomic mass is 15.1. The zero-order valence-electron chi connectivity index (χ0n) is 10.0. The third kappa shape index (κ3) is 1.98. The first-order chi connectivity index (χ1) is 8.27. The van der Waals surface area contributed by atoms with Gasteiger partial charge in [-0.05, 0) is 32.0 Å². The summed E-state index contributed by atoms with van der Waals surface area (Å²) in [5.41, 5.74) is 2.39. The van der Waals surface area contributed by atoms with Gasteiger partial charge in [0.15, 0.2) is 0 Å². The van der Waals surface area contributed by atoms with Crippen LogP contribution in [0.15, 0.2) is 36.5 Å². The smallest absolute Gasteiger partial charge is 0.0722 e. The number of fused-ring (bicyclic) bond motifs is 1. The standard InChI is InChI=1S/C14H17N3/c1-14(7-9-15-10-14)17-13-6-8-16-12-5-3-2-4-11(12)13/h2-6,8,15H,7,9-10H2,1H3,(H,16,17). The normalized spacial score (nSPS) is 24.1. The number of benzene rings is 1. The Bertz CT molecular complexity index is 524. The molecule has 3 nitrogen and oxygen atoms in total. The lowest BCUT2D eigenvalue weighted by atomic mass is 10.0. The van der Waals surface area contributed by atoms with Gasteiger partial charge >= 0.3 is 0 Å². The molecule has 1 aliphatic rings. The largest absolute Gasteiger partial charge is 0.378 e. The molecule has 2 heterocycles. The molecule has 2 N–H and O–H groups in total. The van der Waals surface area contributed by atoms with Crippen LogP contribution in [0.1, 0.15) is 13.3 Å². The van der Waals surface area contributed by atoms with E-state index in [1.807, 2.05) is 12.3 Å². The third-order valence-electron chi connectivity index (χ3n) is 3.45.